The van der Waals surface area contributed by atoms with E-state index in [1.807, 2.05) is 30.3 Å². The van der Waals surface area contributed by atoms with Gasteiger partial charge in [-0.1, -0.05) is 26.0 Å². The third kappa shape index (κ3) is 6.50. The topological polar surface area (TPSA) is 50.4 Å². The summed E-state index contributed by atoms with van der Waals surface area (Å²) < 4.78 is 5.07. The maximum absolute atomic E-state index is 11.4. The van der Waals surface area contributed by atoms with Gasteiger partial charge in [0.25, 0.3) is 0 Å². The lowest BCUT2D eigenvalue weighted by atomic mass is 10.1. The van der Waals surface area contributed by atoms with Crippen LogP contribution in [-0.4, -0.2) is 19.7 Å². The minimum absolute atomic E-state index is 0.176. The Bertz CT molecular complexity index is 411. The molecule has 4 nitrogen and oxygen atoms in total. The lowest BCUT2D eigenvalue weighted by Crippen LogP contribution is -2.33. The second-order valence-electron chi connectivity index (χ2n) is 4.69. The average molecular weight is 262 g/mol. The first kappa shape index (κ1) is 15.1. The van der Waals surface area contributed by atoms with Crippen molar-refractivity contribution in [1.29, 1.82) is 0 Å². The van der Waals surface area contributed by atoms with Crippen LogP contribution in [-0.2, 0) is 0 Å². The van der Waals surface area contributed by atoms with Crippen molar-refractivity contribution in [2.24, 2.45) is 5.92 Å². The van der Waals surface area contributed by atoms with Crippen LogP contribution in [0.25, 0.3) is 6.08 Å². The van der Waals surface area contributed by atoms with Crippen molar-refractivity contribution in [2.75, 3.05) is 13.7 Å². The van der Waals surface area contributed by atoms with Crippen molar-refractivity contribution >= 4 is 12.1 Å². The highest BCUT2D eigenvalue weighted by Crippen LogP contribution is 2.11. The number of amides is 2. The van der Waals surface area contributed by atoms with Crippen molar-refractivity contribution < 1.29 is 9.53 Å². The summed E-state index contributed by atoms with van der Waals surface area (Å²) in [4.78, 5) is 11.4. The van der Waals surface area contributed by atoms with Gasteiger partial charge in [-0.25, -0.2) is 4.79 Å². The highest BCUT2D eigenvalue weighted by molar-refractivity contribution is 5.75. The zero-order chi connectivity index (χ0) is 14.1. The fraction of sp³-hybridized carbons (Fsp3) is 0.400. The van der Waals surface area contributed by atoms with Crippen molar-refractivity contribution in [3.05, 3.63) is 36.0 Å². The van der Waals surface area contributed by atoms with Gasteiger partial charge in [0.15, 0.2) is 0 Å². The van der Waals surface area contributed by atoms with Gasteiger partial charge in [0, 0.05) is 12.7 Å². The van der Waals surface area contributed by atoms with Gasteiger partial charge in [0.1, 0.15) is 5.75 Å². The molecule has 0 saturated heterocycles. The monoisotopic (exact) mass is 262 g/mol. The molecular weight excluding hydrogens is 240 g/mol. The van der Waals surface area contributed by atoms with Crippen LogP contribution in [0, 0.1) is 5.92 Å². The lowest BCUT2D eigenvalue weighted by molar-refractivity contribution is 0.243. The molecule has 0 aliphatic rings. The molecule has 0 atom stereocenters. The zero-order valence-corrected chi connectivity index (χ0v) is 11.8. The molecule has 0 spiro atoms. The Morgan fingerprint density at radius 2 is 2.00 bits per heavy atom. The number of carbonyl (C=O) groups is 1. The number of hydrogen-bond donors (Lipinski definition) is 2. The molecule has 2 amide bonds. The third-order valence-electron chi connectivity index (χ3n) is 2.61. The molecule has 4 heteroatoms. The predicted molar refractivity (Wildman–Crippen MR) is 78.0 cm³/mol. The minimum Gasteiger partial charge on any atom is -0.497 e. The van der Waals surface area contributed by atoms with Gasteiger partial charge in [0.2, 0.25) is 0 Å². The Labute approximate surface area is 114 Å². The standard InChI is InChI=1S/C15H22N2O2/c1-12(2)8-10-16-15(18)17-11-9-13-4-6-14(19-3)7-5-13/h4-7,9,11-12H,8,10H2,1-3H3,(H2,16,17,18)/b11-9+. The van der Waals surface area contributed by atoms with Crippen LogP contribution in [0.2, 0.25) is 0 Å². The maximum Gasteiger partial charge on any atom is 0.318 e. The van der Waals surface area contributed by atoms with E-state index in [9.17, 15) is 4.79 Å². The Hall–Kier alpha value is -1.97. The largest absolute Gasteiger partial charge is 0.497 e. The van der Waals surface area contributed by atoms with Crippen LogP contribution in [0.1, 0.15) is 25.8 Å². The van der Waals surface area contributed by atoms with E-state index in [1.54, 1.807) is 13.3 Å². The third-order valence-corrected chi connectivity index (χ3v) is 2.61. The van der Waals surface area contributed by atoms with Gasteiger partial charge >= 0.3 is 6.03 Å². The van der Waals surface area contributed by atoms with Crippen molar-refractivity contribution in [2.45, 2.75) is 20.3 Å². The fourth-order valence-electron chi connectivity index (χ4n) is 1.45. The van der Waals surface area contributed by atoms with E-state index < -0.39 is 0 Å². The molecule has 0 radical (unpaired) electrons. The molecule has 1 aromatic carbocycles. The summed E-state index contributed by atoms with van der Waals surface area (Å²) in [5, 5.41) is 5.47. The normalized spacial score (nSPS) is 10.7. The molecule has 1 rings (SSSR count). The number of rotatable bonds is 6. The van der Waals surface area contributed by atoms with Crippen LogP contribution in [0.5, 0.6) is 5.75 Å². The van der Waals surface area contributed by atoms with Crippen molar-refractivity contribution in [1.82, 2.24) is 10.6 Å². The molecule has 104 valence electrons. The molecular formula is C15H22N2O2. The molecule has 0 saturated carbocycles. The van der Waals surface area contributed by atoms with Crippen molar-refractivity contribution in [3.8, 4) is 5.75 Å². The van der Waals surface area contributed by atoms with E-state index in [4.69, 9.17) is 4.74 Å². The molecule has 1 aromatic rings. The van der Waals surface area contributed by atoms with Gasteiger partial charge in [-0.05, 0) is 36.1 Å². The molecule has 0 fully saturated rings. The van der Waals surface area contributed by atoms with Crippen LogP contribution in [0.3, 0.4) is 0 Å². The summed E-state index contributed by atoms with van der Waals surface area (Å²) in [5.74, 6) is 1.41. The van der Waals surface area contributed by atoms with Crippen LogP contribution < -0.4 is 15.4 Å². The Balaban J connectivity index is 2.30. The smallest absolute Gasteiger partial charge is 0.318 e. The first-order chi connectivity index (χ1) is 9.11. The lowest BCUT2D eigenvalue weighted by Gasteiger charge is -2.06. The number of benzene rings is 1. The quantitative estimate of drug-likeness (QED) is 0.828. The van der Waals surface area contributed by atoms with Gasteiger partial charge < -0.3 is 15.4 Å². The first-order valence-electron chi connectivity index (χ1n) is 6.47. The number of ether oxygens (including phenoxy) is 1. The number of nitrogens with one attached hydrogen (secondary N) is 2. The average Bonchev–Trinajstić information content (AvgIpc) is 2.39. The van der Waals surface area contributed by atoms with E-state index in [-0.39, 0.29) is 6.03 Å². The summed E-state index contributed by atoms with van der Waals surface area (Å²) in [6.07, 6.45) is 4.45. The van der Waals surface area contributed by atoms with E-state index >= 15 is 0 Å². The molecule has 0 aliphatic heterocycles. The summed E-state index contributed by atoms with van der Waals surface area (Å²) >= 11 is 0. The number of hydrogen-bond acceptors (Lipinski definition) is 2. The van der Waals surface area contributed by atoms with Gasteiger partial charge in [-0.3, -0.25) is 0 Å². The molecule has 2 N–H and O–H groups in total. The van der Waals surface area contributed by atoms with E-state index in [0.717, 1.165) is 17.7 Å². The zero-order valence-electron chi connectivity index (χ0n) is 11.8. The predicted octanol–water partition coefficient (Wildman–Crippen LogP) is 3.01. The summed E-state index contributed by atoms with van der Waals surface area (Å²) in [7, 11) is 1.63. The Morgan fingerprint density at radius 3 is 2.58 bits per heavy atom. The van der Waals surface area contributed by atoms with Crippen LogP contribution in [0.4, 0.5) is 4.79 Å². The molecule has 0 aliphatic carbocycles. The van der Waals surface area contributed by atoms with Gasteiger partial charge in [0.05, 0.1) is 7.11 Å². The van der Waals surface area contributed by atoms with Gasteiger partial charge in [-0.2, -0.15) is 0 Å². The highest BCUT2D eigenvalue weighted by atomic mass is 16.5. The summed E-state index contributed by atoms with van der Waals surface area (Å²) in [6, 6.07) is 7.43. The molecule has 0 heterocycles. The number of methoxy groups -OCH3 is 1. The molecule has 0 aromatic heterocycles. The summed E-state index contributed by atoms with van der Waals surface area (Å²) in [5.41, 5.74) is 1.00. The van der Waals surface area contributed by atoms with Gasteiger partial charge in [-0.15, -0.1) is 0 Å². The number of urea groups is 1. The minimum atomic E-state index is -0.176. The first-order valence-corrected chi connectivity index (χ1v) is 6.47. The maximum atomic E-state index is 11.4. The summed E-state index contributed by atoms with van der Waals surface area (Å²) in [6.45, 7) is 4.95. The number of carbonyl (C=O) groups excluding carboxylic acids is 1. The van der Waals surface area contributed by atoms with Crippen molar-refractivity contribution in [3.63, 3.8) is 0 Å². The molecule has 0 unspecified atom stereocenters. The SMILES string of the molecule is COc1ccc(/C=C/NC(=O)NCCC(C)C)cc1. The van der Waals surface area contributed by atoms with Crippen LogP contribution >= 0.6 is 0 Å². The Morgan fingerprint density at radius 1 is 1.32 bits per heavy atom. The fourth-order valence-corrected chi connectivity index (χ4v) is 1.45. The Kier molecular flexibility index (Phi) is 6.50. The molecule has 0 bridgehead atoms. The second kappa shape index (κ2) is 8.19. The van der Waals surface area contributed by atoms with E-state index in [0.29, 0.717) is 12.5 Å². The van der Waals surface area contributed by atoms with E-state index in [1.165, 1.54) is 0 Å². The molecule has 19 heavy (non-hydrogen) atoms. The van der Waals surface area contributed by atoms with E-state index in [2.05, 4.69) is 24.5 Å². The van der Waals surface area contributed by atoms with Crippen LogP contribution in [0.15, 0.2) is 30.5 Å². The highest BCUT2D eigenvalue weighted by Gasteiger charge is 1.97. The second-order valence-corrected chi connectivity index (χ2v) is 4.69.